The molecule has 1 amide bonds. The summed E-state index contributed by atoms with van der Waals surface area (Å²) in [5.74, 6) is -0.574. The predicted octanol–water partition coefficient (Wildman–Crippen LogP) is 0.571. The number of benzene rings is 1. The van der Waals surface area contributed by atoms with Gasteiger partial charge in [0.25, 0.3) is 10.0 Å². The molecule has 1 aromatic heterocycles. The Balaban J connectivity index is 2.52. The maximum atomic E-state index is 12.3. The van der Waals surface area contributed by atoms with Gasteiger partial charge < -0.3 is 10.3 Å². The fraction of sp³-hybridized carbons (Fsp3) is 0.143. The summed E-state index contributed by atoms with van der Waals surface area (Å²) in [6.45, 7) is 1.73. The molecule has 1 aromatic carbocycles. The van der Waals surface area contributed by atoms with Gasteiger partial charge in [0.2, 0.25) is 5.91 Å². The zero-order valence-corrected chi connectivity index (χ0v) is 12.2. The van der Waals surface area contributed by atoms with Gasteiger partial charge in [-0.15, -0.1) is 4.40 Å². The number of carbonyl (C=O) groups excluding carboxylic acids is 1. The normalized spacial score (nSPS) is 12.3. The molecule has 0 bridgehead atoms. The molecule has 0 aliphatic rings. The monoisotopic (exact) mass is 305 g/mol. The molecule has 0 atom stereocenters. The van der Waals surface area contributed by atoms with Gasteiger partial charge in [0, 0.05) is 6.20 Å². The summed E-state index contributed by atoms with van der Waals surface area (Å²) in [6.07, 6.45) is 1.55. The van der Waals surface area contributed by atoms with Crippen molar-refractivity contribution in [2.75, 3.05) is 0 Å². The number of aryl methyl sites for hydroxylation is 1. The first-order chi connectivity index (χ1) is 9.88. The van der Waals surface area contributed by atoms with Gasteiger partial charge in [-0.25, -0.2) is 0 Å². The second kappa shape index (κ2) is 5.92. The smallest absolute Gasteiger partial charge is 0.284 e. The van der Waals surface area contributed by atoms with Crippen LogP contribution in [0.1, 0.15) is 5.56 Å². The number of carbonyl (C=O) groups is 1. The van der Waals surface area contributed by atoms with Gasteiger partial charge in [-0.3, -0.25) is 4.79 Å². The molecule has 0 aliphatic heterocycles. The third-order valence-electron chi connectivity index (χ3n) is 2.78. The van der Waals surface area contributed by atoms with Crippen molar-refractivity contribution in [1.82, 2.24) is 4.57 Å². The van der Waals surface area contributed by atoms with Gasteiger partial charge in [-0.1, -0.05) is 23.8 Å². The zero-order chi connectivity index (χ0) is 15.5. The number of nitrogens with zero attached hydrogens (tertiary/aromatic N) is 2. The van der Waals surface area contributed by atoms with Crippen LogP contribution >= 0.6 is 0 Å². The van der Waals surface area contributed by atoms with Gasteiger partial charge in [-0.2, -0.15) is 8.42 Å². The average molecular weight is 305 g/mol. The van der Waals surface area contributed by atoms with E-state index in [4.69, 9.17) is 5.73 Å². The Hall–Kier alpha value is -2.41. The van der Waals surface area contributed by atoms with E-state index in [9.17, 15) is 13.2 Å². The van der Waals surface area contributed by atoms with Gasteiger partial charge in [0.1, 0.15) is 12.0 Å². The Morgan fingerprint density at radius 2 is 1.86 bits per heavy atom. The SMILES string of the molecule is Cc1ccc(S(=O)(=O)N=c2ccccn2CC(N)=O)cc1. The van der Waals surface area contributed by atoms with Crippen molar-refractivity contribution in [2.24, 2.45) is 10.1 Å². The number of pyridine rings is 1. The number of rotatable bonds is 4. The molecule has 2 rings (SSSR count). The molecule has 21 heavy (non-hydrogen) atoms. The maximum absolute atomic E-state index is 12.3. The van der Waals surface area contributed by atoms with Crippen molar-refractivity contribution in [3.8, 4) is 0 Å². The Morgan fingerprint density at radius 1 is 1.19 bits per heavy atom. The molecule has 0 radical (unpaired) electrons. The van der Waals surface area contributed by atoms with E-state index in [0.29, 0.717) is 0 Å². The molecular weight excluding hydrogens is 290 g/mol. The minimum Gasteiger partial charge on any atom is -0.368 e. The lowest BCUT2D eigenvalue weighted by atomic mass is 10.2. The minimum absolute atomic E-state index is 0.0996. The first-order valence-corrected chi connectivity index (χ1v) is 7.64. The lowest BCUT2D eigenvalue weighted by molar-refractivity contribution is -0.118. The second-order valence-electron chi connectivity index (χ2n) is 4.53. The van der Waals surface area contributed by atoms with Crippen molar-refractivity contribution in [3.63, 3.8) is 0 Å². The van der Waals surface area contributed by atoms with Gasteiger partial charge in [-0.05, 0) is 31.2 Å². The molecule has 6 nitrogen and oxygen atoms in total. The van der Waals surface area contributed by atoms with Crippen LogP contribution in [0.5, 0.6) is 0 Å². The van der Waals surface area contributed by atoms with E-state index in [0.717, 1.165) is 5.56 Å². The molecule has 7 heteroatoms. The van der Waals surface area contributed by atoms with Gasteiger partial charge in [0.05, 0.1) is 4.90 Å². The van der Waals surface area contributed by atoms with Crippen molar-refractivity contribution < 1.29 is 13.2 Å². The number of hydrogen-bond donors (Lipinski definition) is 1. The Labute approximate surface area is 122 Å². The average Bonchev–Trinajstić information content (AvgIpc) is 2.40. The Morgan fingerprint density at radius 3 is 2.48 bits per heavy atom. The number of sulfonamides is 1. The minimum atomic E-state index is -3.84. The molecule has 2 N–H and O–H groups in total. The molecule has 2 aromatic rings. The zero-order valence-electron chi connectivity index (χ0n) is 11.4. The summed E-state index contributed by atoms with van der Waals surface area (Å²) in [4.78, 5) is 11.1. The van der Waals surface area contributed by atoms with Gasteiger partial charge >= 0.3 is 0 Å². The third-order valence-corrected chi connectivity index (χ3v) is 4.07. The number of aromatic nitrogens is 1. The summed E-state index contributed by atoms with van der Waals surface area (Å²) in [6, 6.07) is 11.2. The molecule has 0 unspecified atom stereocenters. The summed E-state index contributed by atoms with van der Waals surface area (Å²) >= 11 is 0. The summed E-state index contributed by atoms with van der Waals surface area (Å²) < 4.78 is 29.7. The number of nitrogens with two attached hydrogens (primary N) is 1. The summed E-state index contributed by atoms with van der Waals surface area (Å²) in [5, 5.41) is 0. The third kappa shape index (κ3) is 3.79. The molecule has 110 valence electrons. The molecule has 1 heterocycles. The van der Waals surface area contributed by atoms with Crippen LogP contribution in [0, 0.1) is 6.92 Å². The van der Waals surface area contributed by atoms with Crippen molar-refractivity contribution in [1.29, 1.82) is 0 Å². The molecule has 0 fully saturated rings. The van der Waals surface area contributed by atoms with Crippen LogP contribution < -0.4 is 11.2 Å². The fourth-order valence-electron chi connectivity index (χ4n) is 1.74. The largest absolute Gasteiger partial charge is 0.368 e. The van der Waals surface area contributed by atoms with Crippen molar-refractivity contribution in [3.05, 3.63) is 59.7 Å². The van der Waals surface area contributed by atoms with E-state index >= 15 is 0 Å². The van der Waals surface area contributed by atoms with Crippen LogP contribution in [0.4, 0.5) is 0 Å². The fourth-order valence-corrected chi connectivity index (χ4v) is 2.74. The summed E-state index contributed by atoms with van der Waals surface area (Å²) in [7, 11) is -3.84. The van der Waals surface area contributed by atoms with E-state index < -0.39 is 15.9 Å². The summed E-state index contributed by atoms with van der Waals surface area (Å²) in [5.41, 5.74) is 6.24. The number of primary amides is 1. The highest BCUT2D eigenvalue weighted by atomic mass is 32.2. The van der Waals surface area contributed by atoms with E-state index in [1.807, 2.05) is 6.92 Å². The molecular formula is C14H15N3O3S. The Kier molecular flexibility index (Phi) is 4.23. The topological polar surface area (TPSA) is 94.5 Å². The lowest BCUT2D eigenvalue weighted by Crippen LogP contribution is -2.28. The number of amides is 1. The first kappa shape index (κ1) is 15.0. The van der Waals surface area contributed by atoms with Crippen LogP contribution in [0.2, 0.25) is 0 Å². The van der Waals surface area contributed by atoms with E-state index in [-0.39, 0.29) is 16.9 Å². The van der Waals surface area contributed by atoms with E-state index in [1.165, 1.54) is 22.8 Å². The highest BCUT2D eigenvalue weighted by Gasteiger charge is 2.12. The molecule has 0 saturated carbocycles. The van der Waals surface area contributed by atoms with Crippen LogP contribution in [-0.2, 0) is 21.4 Å². The molecule has 0 spiro atoms. The van der Waals surface area contributed by atoms with Crippen LogP contribution in [0.3, 0.4) is 0 Å². The highest BCUT2D eigenvalue weighted by Crippen LogP contribution is 2.12. The second-order valence-corrected chi connectivity index (χ2v) is 6.14. The first-order valence-electron chi connectivity index (χ1n) is 6.20. The standard InChI is InChI=1S/C14H15N3O3S/c1-11-5-7-12(8-6-11)21(19,20)16-14-4-2-3-9-17(14)10-13(15)18/h2-9H,10H2,1H3,(H2,15,18). The molecule has 0 saturated heterocycles. The van der Waals surface area contributed by atoms with Crippen LogP contribution in [0.15, 0.2) is 58.0 Å². The lowest BCUT2D eigenvalue weighted by Gasteiger charge is -2.05. The quantitative estimate of drug-likeness (QED) is 0.894. The van der Waals surface area contributed by atoms with Crippen LogP contribution in [0.25, 0.3) is 0 Å². The van der Waals surface area contributed by atoms with Crippen molar-refractivity contribution in [2.45, 2.75) is 18.4 Å². The molecule has 0 aliphatic carbocycles. The maximum Gasteiger partial charge on any atom is 0.284 e. The Bertz CT molecular complexity index is 821. The van der Waals surface area contributed by atoms with Gasteiger partial charge in [0.15, 0.2) is 0 Å². The van der Waals surface area contributed by atoms with Crippen molar-refractivity contribution >= 4 is 15.9 Å². The van der Waals surface area contributed by atoms with E-state index in [2.05, 4.69) is 4.40 Å². The highest BCUT2D eigenvalue weighted by molar-refractivity contribution is 7.90. The van der Waals surface area contributed by atoms with E-state index in [1.54, 1.807) is 30.5 Å². The predicted molar refractivity (Wildman–Crippen MR) is 77.6 cm³/mol. The number of hydrogen-bond acceptors (Lipinski definition) is 3. The van der Waals surface area contributed by atoms with Crippen LogP contribution in [-0.4, -0.2) is 18.9 Å².